The second-order valence-electron chi connectivity index (χ2n) is 6.63. The fourth-order valence-electron chi connectivity index (χ4n) is 3.01. The number of nitrogens with zero attached hydrogens (tertiary/aromatic N) is 3. The van der Waals surface area contributed by atoms with Crippen LogP contribution in [0.25, 0.3) is 0 Å². The van der Waals surface area contributed by atoms with E-state index in [1.54, 1.807) is 28.0 Å². The summed E-state index contributed by atoms with van der Waals surface area (Å²) in [4.78, 5) is 44.6. The van der Waals surface area contributed by atoms with E-state index in [0.717, 1.165) is 12.8 Å². The molecular weight excluding hydrogens is 360 g/mol. The highest BCUT2D eigenvalue weighted by Gasteiger charge is 2.27. The largest absolute Gasteiger partial charge is 0.459 e. The van der Waals surface area contributed by atoms with Crippen molar-refractivity contribution < 1.29 is 18.8 Å². The van der Waals surface area contributed by atoms with Gasteiger partial charge in [-0.05, 0) is 24.6 Å². The van der Waals surface area contributed by atoms with E-state index in [1.807, 2.05) is 0 Å². The van der Waals surface area contributed by atoms with Gasteiger partial charge in [-0.3, -0.25) is 19.4 Å². The summed E-state index contributed by atoms with van der Waals surface area (Å²) in [5.41, 5.74) is 0.738. The fraction of sp³-hybridized carbons (Fsp3) is 0.400. The summed E-state index contributed by atoms with van der Waals surface area (Å²) in [6, 6.07) is 4.87. The molecule has 8 heteroatoms. The van der Waals surface area contributed by atoms with Crippen LogP contribution in [0.5, 0.6) is 0 Å². The predicted octanol–water partition coefficient (Wildman–Crippen LogP) is 1.80. The van der Waals surface area contributed by atoms with E-state index < -0.39 is 0 Å². The lowest BCUT2D eigenvalue weighted by atomic mass is 10.1. The van der Waals surface area contributed by atoms with Gasteiger partial charge >= 0.3 is 0 Å². The van der Waals surface area contributed by atoms with Crippen molar-refractivity contribution in [3.8, 4) is 0 Å². The quantitative estimate of drug-likeness (QED) is 0.766. The third-order valence-corrected chi connectivity index (χ3v) is 4.65. The summed E-state index contributed by atoms with van der Waals surface area (Å²) >= 11 is 0. The summed E-state index contributed by atoms with van der Waals surface area (Å²) in [6.07, 6.45) is 6.28. The SMILES string of the molecule is CCCCNC(=O)c1cncc(C(=O)N2CCN(C(=O)c3ccco3)CC2)c1. The number of rotatable bonds is 6. The maximum Gasteiger partial charge on any atom is 0.289 e. The van der Waals surface area contributed by atoms with E-state index in [9.17, 15) is 14.4 Å². The molecule has 0 spiro atoms. The van der Waals surface area contributed by atoms with Gasteiger partial charge < -0.3 is 19.5 Å². The van der Waals surface area contributed by atoms with Crippen LogP contribution in [0.3, 0.4) is 0 Å². The molecule has 1 saturated heterocycles. The molecule has 0 aromatic carbocycles. The van der Waals surface area contributed by atoms with Crippen molar-refractivity contribution in [3.63, 3.8) is 0 Å². The highest BCUT2D eigenvalue weighted by Crippen LogP contribution is 2.13. The summed E-state index contributed by atoms with van der Waals surface area (Å²) in [5.74, 6) is -0.305. The van der Waals surface area contributed by atoms with Crippen molar-refractivity contribution in [3.05, 3.63) is 53.7 Å². The zero-order chi connectivity index (χ0) is 19.9. The van der Waals surface area contributed by atoms with Gasteiger partial charge in [-0.1, -0.05) is 13.3 Å². The van der Waals surface area contributed by atoms with Crippen molar-refractivity contribution in [2.24, 2.45) is 0 Å². The number of carbonyl (C=O) groups is 3. The molecule has 2 aromatic heterocycles. The van der Waals surface area contributed by atoms with E-state index in [2.05, 4.69) is 17.2 Å². The van der Waals surface area contributed by atoms with Crippen LogP contribution in [-0.4, -0.2) is 65.2 Å². The van der Waals surface area contributed by atoms with Gasteiger partial charge in [0.05, 0.1) is 17.4 Å². The van der Waals surface area contributed by atoms with E-state index >= 15 is 0 Å². The monoisotopic (exact) mass is 384 g/mol. The molecule has 0 unspecified atom stereocenters. The molecule has 28 heavy (non-hydrogen) atoms. The number of piperazine rings is 1. The molecular formula is C20H24N4O4. The van der Waals surface area contributed by atoms with Crippen molar-refractivity contribution in [1.82, 2.24) is 20.1 Å². The van der Waals surface area contributed by atoms with Gasteiger partial charge in [-0.25, -0.2) is 0 Å². The van der Waals surface area contributed by atoms with E-state index in [4.69, 9.17) is 4.42 Å². The maximum atomic E-state index is 12.8. The number of furan rings is 1. The molecule has 0 bridgehead atoms. The summed E-state index contributed by atoms with van der Waals surface area (Å²) in [7, 11) is 0. The van der Waals surface area contributed by atoms with E-state index in [1.165, 1.54) is 18.7 Å². The molecule has 3 amide bonds. The Morgan fingerprint density at radius 2 is 1.75 bits per heavy atom. The molecule has 0 atom stereocenters. The predicted molar refractivity (Wildman–Crippen MR) is 102 cm³/mol. The number of carbonyl (C=O) groups excluding carboxylic acids is 3. The minimum Gasteiger partial charge on any atom is -0.459 e. The maximum absolute atomic E-state index is 12.8. The Bertz CT molecular complexity index is 826. The Balaban J connectivity index is 1.58. The number of hydrogen-bond acceptors (Lipinski definition) is 5. The standard InChI is InChI=1S/C20H24N4O4/c1-2-3-6-22-18(25)15-12-16(14-21-13-15)19(26)23-7-9-24(10-8-23)20(27)17-5-4-11-28-17/h4-5,11-14H,2-3,6-10H2,1H3,(H,22,25). The first kappa shape index (κ1) is 19.6. The molecule has 3 heterocycles. The number of amides is 3. The van der Waals surface area contributed by atoms with Crippen LogP contribution < -0.4 is 5.32 Å². The first-order valence-electron chi connectivity index (χ1n) is 9.45. The van der Waals surface area contributed by atoms with Crippen LogP contribution in [0.2, 0.25) is 0 Å². The van der Waals surface area contributed by atoms with Gasteiger partial charge in [0.2, 0.25) is 0 Å². The molecule has 2 aromatic rings. The molecule has 148 valence electrons. The Morgan fingerprint density at radius 1 is 1.07 bits per heavy atom. The third kappa shape index (κ3) is 4.57. The molecule has 0 aliphatic carbocycles. The zero-order valence-corrected chi connectivity index (χ0v) is 15.9. The Hall–Kier alpha value is -3.16. The topological polar surface area (TPSA) is 95.8 Å². The molecule has 8 nitrogen and oxygen atoms in total. The molecule has 0 saturated carbocycles. The molecule has 1 N–H and O–H groups in total. The molecule has 3 rings (SSSR count). The lowest BCUT2D eigenvalue weighted by Gasteiger charge is -2.34. The van der Waals surface area contributed by atoms with Crippen molar-refractivity contribution in [1.29, 1.82) is 0 Å². The molecule has 1 aliphatic rings. The van der Waals surface area contributed by atoms with Crippen molar-refractivity contribution in [2.45, 2.75) is 19.8 Å². The van der Waals surface area contributed by atoms with Gasteiger partial charge in [-0.2, -0.15) is 0 Å². The van der Waals surface area contributed by atoms with Crippen LogP contribution in [-0.2, 0) is 0 Å². The Labute approximate surface area is 163 Å². The number of nitrogens with one attached hydrogen (secondary N) is 1. The van der Waals surface area contributed by atoms with Gasteiger partial charge in [0.1, 0.15) is 0 Å². The second kappa shape index (κ2) is 9.16. The lowest BCUT2D eigenvalue weighted by molar-refractivity contribution is 0.0518. The fourth-order valence-corrected chi connectivity index (χ4v) is 3.01. The van der Waals surface area contributed by atoms with Crippen molar-refractivity contribution in [2.75, 3.05) is 32.7 Å². The number of aromatic nitrogens is 1. The van der Waals surface area contributed by atoms with Gasteiger partial charge in [0.25, 0.3) is 17.7 Å². The second-order valence-corrected chi connectivity index (χ2v) is 6.63. The normalized spacial score (nSPS) is 14.0. The zero-order valence-electron chi connectivity index (χ0n) is 15.9. The van der Waals surface area contributed by atoms with Crippen LogP contribution in [0, 0.1) is 0 Å². The van der Waals surface area contributed by atoms with Gasteiger partial charge in [-0.15, -0.1) is 0 Å². The van der Waals surface area contributed by atoms with Gasteiger partial charge in [0, 0.05) is 45.1 Å². The summed E-state index contributed by atoms with van der Waals surface area (Å²) in [5, 5.41) is 2.82. The minimum absolute atomic E-state index is 0.176. The smallest absolute Gasteiger partial charge is 0.289 e. The first-order chi connectivity index (χ1) is 13.6. The highest BCUT2D eigenvalue weighted by atomic mass is 16.3. The average Bonchev–Trinajstić information content (AvgIpc) is 3.28. The summed E-state index contributed by atoms with van der Waals surface area (Å²) in [6.45, 7) is 4.33. The average molecular weight is 384 g/mol. The van der Waals surface area contributed by atoms with Crippen LogP contribution in [0.1, 0.15) is 51.0 Å². The number of hydrogen-bond donors (Lipinski definition) is 1. The van der Waals surface area contributed by atoms with Crippen LogP contribution in [0.4, 0.5) is 0 Å². The highest BCUT2D eigenvalue weighted by molar-refractivity contribution is 5.99. The third-order valence-electron chi connectivity index (χ3n) is 4.65. The number of unbranched alkanes of at least 4 members (excludes halogenated alkanes) is 1. The first-order valence-corrected chi connectivity index (χ1v) is 9.45. The minimum atomic E-state index is -0.232. The van der Waals surface area contributed by atoms with Crippen LogP contribution in [0.15, 0.2) is 41.3 Å². The van der Waals surface area contributed by atoms with E-state index in [-0.39, 0.29) is 17.7 Å². The lowest BCUT2D eigenvalue weighted by Crippen LogP contribution is -2.50. The van der Waals surface area contributed by atoms with E-state index in [0.29, 0.717) is 49.6 Å². The summed E-state index contributed by atoms with van der Waals surface area (Å²) < 4.78 is 5.14. The molecule has 1 fully saturated rings. The Morgan fingerprint density at radius 3 is 2.39 bits per heavy atom. The van der Waals surface area contributed by atoms with Crippen LogP contribution >= 0.6 is 0 Å². The molecule has 0 radical (unpaired) electrons. The van der Waals surface area contributed by atoms with Gasteiger partial charge in [0.15, 0.2) is 5.76 Å². The Kier molecular flexibility index (Phi) is 6.41. The van der Waals surface area contributed by atoms with Crippen molar-refractivity contribution >= 4 is 17.7 Å². The number of pyridine rings is 1. The molecule has 1 aliphatic heterocycles.